The van der Waals surface area contributed by atoms with Crippen molar-refractivity contribution in [3.05, 3.63) is 27.7 Å². The van der Waals surface area contributed by atoms with Crippen LogP contribution >= 0.6 is 39.3 Å². The predicted octanol–water partition coefficient (Wildman–Crippen LogP) is 3.23. The molecule has 2 unspecified atom stereocenters. The van der Waals surface area contributed by atoms with E-state index >= 15 is 0 Å². The first-order chi connectivity index (χ1) is 13.8. The van der Waals surface area contributed by atoms with E-state index in [4.69, 9.17) is 16.3 Å². The molecule has 2 atom stereocenters. The zero-order valence-electron chi connectivity index (χ0n) is 16.5. The molecule has 0 aromatic heterocycles. The zero-order chi connectivity index (χ0) is 22.3. The Hall–Kier alpha value is -1.30. The summed E-state index contributed by atoms with van der Waals surface area (Å²) in [6.07, 6.45) is -0.717. The minimum absolute atomic E-state index is 0.0103. The standard InChI is InChI=1S/C18H21BrClN3O5S2/c1-18(2,3)28-17(25)21-7-15(24)22-16-23(12-5-4-10(19)6-11(12)20)13-8-30(26,27)9-14(13)29-16/h4-6,13-14H,7-9H2,1-3H3,(H,21,25). The van der Waals surface area contributed by atoms with Crippen LogP contribution in [0.3, 0.4) is 0 Å². The fourth-order valence-electron chi connectivity index (χ4n) is 3.13. The topological polar surface area (TPSA) is 105 Å². The number of anilines is 1. The first-order valence-corrected chi connectivity index (χ1v) is 12.9. The Morgan fingerprint density at radius 3 is 2.70 bits per heavy atom. The average Bonchev–Trinajstić information content (AvgIpc) is 3.03. The maximum absolute atomic E-state index is 12.4. The average molecular weight is 539 g/mol. The Bertz CT molecular complexity index is 1010. The van der Waals surface area contributed by atoms with Crippen molar-refractivity contribution in [2.75, 3.05) is 23.0 Å². The summed E-state index contributed by atoms with van der Waals surface area (Å²) in [4.78, 5) is 30.0. The highest BCUT2D eigenvalue weighted by Crippen LogP contribution is 2.43. The van der Waals surface area contributed by atoms with E-state index in [1.54, 1.807) is 43.9 Å². The second-order valence-corrected chi connectivity index (χ2v) is 12.6. The molecule has 0 aliphatic carbocycles. The second kappa shape index (κ2) is 8.68. The van der Waals surface area contributed by atoms with Gasteiger partial charge < -0.3 is 15.0 Å². The van der Waals surface area contributed by atoms with Gasteiger partial charge in [-0.15, -0.1) is 0 Å². The molecular weight excluding hydrogens is 518 g/mol. The van der Waals surface area contributed by atoms with Gasteiger partial charge >= 0.3 is 6.09 Å². The maximum atomic E-state index is 12.4. The number of carbonyl (C=O) groups is 2. The van der Waals surface area contributed by atoms with Crippen molar-refractivity contribution in [3.63, 3.8) is 0 Å². The van der Waals surface area contributed by atoms with Crippen molar-refractivity contribution < 1.29 is 22.7 Å². The molecule has 3 rings (SSSR count). The molecule has 2 amide bonds. The molecule has 2 heterocycles. The summed E-state index contributed by atoms with van der Waals surface area (Å²) in [7, 11) is -3.19. The van der Waals surface area contributed by atoms with Gasteiger partial charge in [-0.05, 0) is 39.0 Å². The number of aliphatic imine (C=N–C) groups is 1. The van der Waals surface area contributed by atoms with Crippen LogP contribution in [0, 0.1) is 0 Å². The third kappa shape index (κ3) is 5.68. The fraction of sp³-hybridized carbons (Fsp3) is 0.500. The van der Waals surface area contributed by atoms with E-state index in [-0.39, 0.29) is 29.3 Å². The predicted molar refractivity (Wildman–Crippen MR) is 122 cm³/mol. The lowest BCUT2D eigenvalue weighted by molar-refractivity contribution is -0.117. The highest BCUT2D eigenvalue weighted by atomic mass is 79.9. The summed E-state index contributed by atoms with van der Waals surface area (Å²) >= 11 is 11.0. The largest absolute Gasteiger partial charge is 0.444 e. The number of thioether (sulfide) groups is 1. The quantitative estimate of drug-likeness (QED) is 0.630. The Morgan fingerprint density at radius 1 is 1.37 bits per heavy atom. The first kappa shape index (κ1) is 23.4. The third-order valence-corrected chi connectivity index (χ3v) is 8.24. The van der Waals surface area contributed by atoms with Gasteiger partial charge in [0.25, 0.3) is 5.91 Å². The van der Waals surface area contributed by atoms with Crippen LogP contribution in [0.5, 0.6) is 0 Å². The maximum Gasteiger partial charge on any atom is 0.408 e. The van der Waals surface area contributed by atoms with Crippen LogP contribution < -0.4 is 10.2 Å². The number of fused-ring (bicyclic) bond motifs is 1. The van der Waals surface area contributed by atoms with Crippen molar-refractivity contribution >= 4 is 72.0 Å². The highest BCUT2D eigenvalue weighted by Gasteiger charge is 2.49. The molecule has 0 spiro atoms. The van der Waals surface area contributed by atoms with Crippen molar-refractivity contribution in [1.29, 1.82) is 0 Å². The third-order valence-electron chi connectivity index (χ3n) is 4.24. The van der Waals surface area contributed by atoms with Crippen molar-refractivity contribution in [3.8, 4) is 0 Å². The van der Waals surface area contributed by atoms with E-state index in [0.29, 0.717) is 15.9 Å². The first-order valence-electron chi connectivity index (χ1n) is 9.04. The number of sulfone groups is 1. The van der Waals surface area contributed by atoms with E-state index < -0.39 is 27.4 Å². The minimum Gasteiger partial charge on any atom is -0.444 e. The van der Waals surface area contributed by atoms with Gasteiger partial charge in [0, 0.05) is 9.72 Å². The molecule has 2 aliphatic heterocycles. The van der Waals surface area contributed by atoms with Gasteiger partial charge in [0.1, 0.15) is 12.1 Å². The number of rotatable bonds is 3. The number of halogens is 2. The molecule has 12 heteroatoms. The summed E-state index contributed by atoms with van der Waals surface area (Å²) in [5.41, 5.74) is -0.109. The van der Waals surface area contributed by atoms with E-state index in [9.17, 15) is 18.0 Å². The molecule has 1 N–H and O–H groups in total. The molecule has 0 radical (unpaired) electrons. The van der Waals surface area contributed by atoms with Crippen LogP contribution in [0.25, 0.3) is 0 Å². The van der Waals surface area contributed by atoms with Crippen LogP contribution in [0.2, 0.25) is 5.02 Å². The Morgan fingerprint density at radius 2 is 2.07 bits per heavy atom. The molecule has 0 saturated carbocycles. The molecule has 8 nitrogen and oxygen atoms in total. The Balaban J connectivity index is 1.82. The van der Waals surface area contributed by atoms with Crippen LogP contribution in [0.4, 0.5) is 10.5 Å². The minimum atomic E-state index is -3.19. The van der Waals surface area contributed by atoms with E-state index in [2.05, 4.69) is 26.2 Å². The van der Waals surface area contributed by atoms with Crippen LogP contribution in [0.1, 0.15) is 20.8 Å². The highest BCUT2D eigenvalue weighted by molar-refractivity contribution is 9.10. The summed E-state index contributed by atoms with van der Waals surface area (Å²) < 4.78 is 30.1. The number of alkyl carbamates (subject to hydrolysis) is 1. The van der Waals surface area contributed by atoms with Crippen LogP contribution in [0.15, 0.2) is 27.7 Å². The zero-order valence-corrected chi connectivity index (χ0v) is 20.5. The summed E-state index contributed by atoms with van der Waals surface area (Å²) in [6, 6.07) is 4.86. The second-order valence-electron chi connectivity index (χ2n) is 7.91. The molecular formula is C18H21BrClN3O5S2. The van der Waals surface area contributed by atoms with Crippen molar-refractivity contribution in [2.24, 2.45) is 4.99 Å². The number of hydrogen-bond donors (Lipinski definition) is 1. The van der Waals surface area contributed by atoms with Gasteiger partial charge in [0.2, 0.25) is 0 Å². The van der Waals surface area contributed by atoms with Gasteiger partial charge in [-0.2, -0.15) is 4.99 Å². The Kier molecular flexibility index (Phi) is 6.76. The number of hydrogen-bond acceptors (Lipinski definition) is 6. The number of amides is 2. The van der Waals surface area contributed by atoms with Gasteiger partial charge in [0.15, 0.2) is 15.0 Å². The number of nitrogens with zero attached hydrogens (tertiary/aromatic N) is 2. The molecule has 1 aromatic carbocycles. The molecule has 1 aromatic rings. The molecule has 30 heavy (non-hydrogen) atoms. The SMILES string of the molecule is CC(C)(C)OC(=O)NCC(=O)N=C1SC2CS(=O)(=O)CC2N1c1ccc(Br)cc1Cl. The number of nitrogens with one attached hydrogen (secondary N) is 1. The Labute approximate surface area is 192 Å². The van der Waals surface area contributed by atoms with Crippen LogP contribution in [-0.4, -0.2) is 60.5 Å². The van der Waals surface area contributed by atoms with Crippen LogP contribution in [-0.2, 0) is 19.4 Å². The van der Waals surface area contributed by atoms with Crippen molar-refractivity contribution in [2.45, 2.75) is 37.7 Å². The van der Waals surface area contributed by atoms with Gasteiger partial charge in [0.05, 0.1) is 28.3 Å². The molecule has 164 valence electrons. The lowest BCUT2D eigenvalue weighted by Gasteiger charge is -2.25. The number of carbonyl (C=O) groups excluding carboxylic acids is 2. The van der Waals surface area contributed by atoms with E-state index in [0.717, 1.165) is 4.47 Å². The van der Waals surface area contributed by atoms with Gasteiger partial charge in [-0.25, -0.2) is 13.2 Å². The molecule has 2 aliphatic rings. The number of amidine groups is 1. The van der Waals surface area contributed by atoms with E-state index in [1.807, 2.05) is 0 Å². The lowest BCUT2D eigenvalue weighted by atomic mass is 10.2. The summed E-state index contributed by atoms with van der Waals surface area (Å²) in [5.74, 6) is -0.610. The van der Waals surface area contributed by atoms with Gasteiger partial charge in [-0.1, -0.05) is 39.3 Å². The molecule has 0 bridgehead atoms. The monoisotopic (exact) mass is 537 g/mol. The molecule has 2 fully saturated rings. The van der Waals surface area contributed by atoms with Gasteiger partial charge in [-0.3, -0.25) is 4.79 Å². The smallest absolute Gasteiger partial charge is 0.408 e. The summed E-state index contributed by atoms with van der Waals surface area (Å²) in [5, 5.41) is 2.89. The summed E-state index contributed by atoms with van der Waals surface area (Å²) in [6.45, 7) is 4.82. The number of ether oxygens (including phenoxy) is 1. The normalized spacial score (nSPS) is 24.0. The fourth-order valence-corrected chi connectivity index (χ4v) is 7.82. The molecule has 2 saturated heterocycles. The van der Waals surface area contributed by atoms with Crippen molar-refractivity contribution in [1.82, 2.24) is 5.32 Å². The number of benzene rings is 1. The lowest BCUT2D eigenvalue weighted by Crippen LogP contribution is -2.39. The van der Waals surface area contributed by atoms with E-state index in [1.165, 1.54) is 11.8 Å².